The number of aliphatic hydroxyl groups excluding tert-OH is 1. The van der Waals surface area contributed by atoms with E-state index in [1.165, 1.54) is 14.2 Å². The molecule has 0 saturated heterocycles. The van der Waals surface area contributed by atoms with Crippen molar-refractivity contribution < 1.29 is 19.4 Å². The number of rotatable bonds is 6. The molecular weight excluding hydrogens is 248 g/mol. The van der Waals surface area contributed by atoms with Gasteiger partial charge in [-0.2, -0.15) is 0 Å². The lowest BCUT2D eigenvalue weighted by Gasteiger charge is -2.16. The molecule has 0 saturated carbocycles. The summed E-state index contributed by atoms with van der Waals surface area (Å²) >= 11 is 0. The molecular formula is C13H20N2O4. The van der Waals surface area contributed by atoms with Crippen LogP contribution in [0.25, 0.3) is 0 Å². The van der Waals surface area contributed by atoms with E-state index < -0.39 is 12.1 Å². The first-order valence-electron chi connectivity index (χ1n) is 5.94. The summed E-state index contributed by atoms with van der Waals surface area (Å²) in [7, 11) is 2.97. The topological polar surface area (TPSA) is 93.8 Å². The van der Waals surface area contributed by atoms with Gasteiger partial charge in [0.1, 0.15) is 0 Å². The predicted octanol–water partition coefficient (Wildman–Crippen LogP) is 0.142. The molecule has 0 aliphatic rings. The molecule has 0 fully saturated rings. The maximum Gasteiger partial charge on any atom is 0.255 e. The number of ether oxygens (including phenoxy) is 2. The van der Waals surface area contributed by atoms with Crippen molar-refractivity contribution in [3.05, 3.63) is 23.8 Å². The minimum absolute atomic E-state index is 0.177. The van der Waals surface area contributed by atoms with Gasteiger partial charge in [-0.1, -0.05) is 6.07 Å². The highest BCUT2D eigenvalue weighted by molar-refractivity contribution is 5.97. The van der Waals surface area contributed by atoms with Crippen LogP contribution in [0.2, 0.25) is 0 Å². The lowest BCUT2D eigenvalue weighted by Crippen LogP contribution is -2.43. The van der Waals surface area contributed by atoms with Crippen LogP contribution in [0.15, 0.2) is 18.2 Å². The summed E-state index contributed by atoms with van der Waals surface area (Å²) in [5, 5.41) is 11.9. The van der Waals surface area contributed by atoms with Crippen molar-refractivity contribution in [1.82, 2.24) is 5.32 Å². The van der Waals surface area contributed by atoms with Gasteiger partial charge in [-0.3, -0.25) is 4.79 Å². The van der Waals surface area contributed by atoms with Crippen molar-refractivity contribution in [3.8, 4) is 11.5 Å². The summed E-state index contributed by atoms with van der Waals surface area (Å²) in [6.45, 7) is 1.75. The fraction of sp³-hybridized carbons (Fsp3) is 0.462. The first-order valence-corrected chi connectivity index (χ1v) is 5.94. The molecule has 2 atom stereocenters. The Bertz CT molecular complexity index is 435. The van der Waals surface area contributed by atoms with Gasteiger partial charge < -0.3 is 25.6 Å². The summed E-state index contributed by atoms with van der Waals surface area (Å²) in [5.41, 5.74) is 6.01. The summed E-state index contributed by atoms with van der Waals surface area (Å²) < 4.78 is 10.3. The van der Waals surface area contributed by atoms with Gasteiger partial charge in [0.25, 0.3) is 5.91 Å². The van der Waals surface area contributed by atoms with Crippen molar-refractivity contribution in [2.75, 3.05) is 20.8 Å². The number of benzene rings is 1. The molecule has 0 radical (unpaired) electrons. The third-order valence-electron chi connectivity index (χ3n) is 2.77. The van der Waals surface area contributed by atoms with Gasteiger partial charge in [-0.05, 0) is 19.1 Å². The molecule has 0 aliphatic carbocycles. The number of carbonyl (C=O) groups is 1. The second-order valence-corrected chi connectivity index (χ2v) is 4.16. The SMILES string of the molecule is COc1cccc(C(=O)NCC(N)C(C)O)c1OC. The van der Waals surface area contributed by atoms with E-state index in [4.69, 9.17) is 15.2 Å². The first kappa shape index (κ1) is 15.3. The molecule has 1 aromatic rings. The van der Waals surface area contributed by atoms with E-state index in [2.05, 4.69) is 5.32 Å². The maximum absolute atomic E-state index is 12.0. The zero-order chi connectivity index (χ0) is 14.4. The van der Waals surface area contributed by atoms with Crippen LogP contribution in [0.3, 0.4) is 0 Å². The third-order valence-corrected chi connectivity index (χ3v) is 2.77. The molecule has 0 heterocycles. The molecule has 2 unspecified atom stereocenters. The van der Waals surface area contributed by atoms with Gasteiger partial charge in [-0.15, -0.1) is 0 Å². The molecule has 0 bridgehead atoms. The summed E-state index contributed by atoms with van der Waals surface area (Å²) in [4.78, 5) is 12.0. The molecule has 0 spiro atoms. The van der Waals surface area contributed by atoms with Gasteiger partial charge in [0.15, 0.2) is 11.5 Å². The molecule has 1 amide bonds. The number of amides is 1. The second kappa shape index (κ2) is 6.96. The molecule has 0 aliphatic heterocycles. The lowest BCUT2D eigenvalue weighted by molar-refractivity contribution is 0.0934. The number of para-hydroxylation sites is 1. The molecule has 106 valence electrons. The Balaban J connectivity index is 2.82. The highest BCUT2D eigenvalue weighted by Gasteiger charge is 2.17. The quantitative estimate of drug-likeness (QED) is 0.682. The predicted molar refractivity (Wildman–Crippen MR) is 71.5 cm³/mol. The zero-order valence-corrected chi connectivity index (χ0v) is 11.3. The van der Waals surface area contributed by atoms with Crippen LogP contribution in [0.5, 0.6) is 11.5 Å². The molecule has 19 heavy (non-hydrogen) atoms. The Morgan fingerprint density at radius 1 is 1.42 bits per heavy atom. The average Bonchev–Trinajstić information content (AvgIpc) is 2.42. The molecule has 1 aromatic carbocycles. The number of hydrogen-bond acceptors (Lipinski definition) is 5. The Labute approximate surface area is 112 Å². The lowest BCUT2D eigenvalue weighted by atomic mass is 10.1. The van der Waals surface area contributed by atoms with Crippen molar-refractivity contribution >= 4 is 5.91 Å². The molecule has 6 nitrogen and oxygen atoms in total. The fourth-order valence-corrected chi connectivity index (χ4v) is 1.54. The maximum atomic E-state index is 12.0. The summed E-state index contributed by atoms with van der Waals surface area (Å²) in [5.74, 6) is 0.523. The van der Waals surface area contributed by atoms with E-state index in [-0.39, 0.29) is 12.5 Å². The highest BCUT2D eigenvalue weighted by Crippen LogP contribution is 2.30. The molecule has 4 N–H and O–H groups in total. The molecule has 1 rings (SSSR count). The second-order valence-electron chi connectivity index (χ2n) is 4.16. The Hall–Kier alpha value is -1.79. The van der Waals surface area contributed by atoms with Crippen molar-refractivity contribution in [3.63, 3.8) is 0 Å². The van der Waals surface area contributed by atoms with Crippen LogP contribution in [0, 0.1) is 0 Å². The number of methoxy groups -OCH3 is 2. The van der Waals surface area contributed by atoms with Crippen LogP contribution in [0.1, 0.15) is 17.3 Å². The van der Waals surface area contributed by atoms with E-state index in [0.29, 0.717) is 17.1 Å². The Morgan fingerprint density at radius 3 is 2.63 bits per heavy atom. The largest absolute Gasteiger partial charge is 0.493 e. The fourth-order valence-electron chi connectivity index (χ4n) is 1.54. The summed E-state index contributed by atoms with van der Waals surface area (Å²) in [6.07, 6.45) is -0.687. The highest BCUT2D eigenvalue weighted by atomic mass is 16.5. The normalized spacial score (nSPS) is 13.5. The van der Waals surface area contributed by atoms with Crippen LogP contribution < -0.4 is 20.5 Å². The van der Waals surface area contributed by atoms with E-state index in [1.54, 1.807) is 25.1 Å². The number of nitrogens with one attached hydrogen (secondary N) is 1. The van der Waals surface area contributed by atoms with Crippen LogP contribution >= 0.6 is 0 Å². The van der Waals surface area contributed by atoms with Gasteiger partial charge in [0.05, 0.1) is 25.9 Å². The number of hydrogen-bond donors (Lipinski definition) is 3. The van der Waals surface area contributed by atoms with Crippen LogP contribution in [0.4, 0.5) is 0 Å². The van der Waals surface area contributed by atoms with E-state index in [0.717, 1.165) is 0 Å². The monoisotopic (exact) mass is 268 g/mol. The van der Waals surface area contributed by atoms with Crippen molar-refractivity contribution in [1.29, 1.82) is 0 Å². The summed E-state index contributed by atoms with van der Waals surface area (Å²) in [6, 6.07) is 4.52. The molecule has 6 heteroatoms. The first-order chi connectivity index (χ1) is 9.01. The van der Waals surface area contributed by atoms with Gasteiger partial charge in [-0.25, -0.2) is 0 Å². The smallest absolute Gasteiger partial charge is 0.255 e. The Morgan fingerprint density at radius 2 is 2.11 bits per heavy atom. The van der Waals surface area contributed by atoms with E-state index >= 15 is 0 Å². The zero-order valence-electron chi connectivity index (χ0n) is 11.3. The van der Waals surface area contributed by atoms with Gasteiger partial charge in [0, 0.05) is 12.6 Å². The van der Waals surface area contributed by atoms with Crippen LogP contribution in [-0.4, -0.2) is 43.9 Å². The Kier molecular flexibility index (Phi) is 5.59. The number of nitrogens with two attached hydrogens (primary N) is 1. The standard InChI is InChI=1S/C13H20N2O4/c1-8(16)10(14)7-15-13(17)9-5-4-6-11(18-2)12(9)19-3/h4-6,8,10,16H,7,14H2,1-3H3,(H,15,17). The van der Waals surface area contributed by atoms with E-state index in [1.807, 2.05) is 0 Å². The minimum Gasteiger partial charge on any atom is -0.493 e. The van der Waals surface area contributed by atoms with Crippen molar-refractivity contribution in [2.45, 2.75) is 19.1 Å². The average molecular weight is 268 g/mol. The third kappa shape index (κ3) is 3.84. The van der Waals surface area contributed by atoms with E-state index in [9.17, 15) is 9.90 Å². The van der Waals surface area contributed by atoms with Crippen molar-refractivity contribution in [2.24, 2.45) is 5.73 Å². The number of carbonyl (C=O) groups excluding carboxylic acids is 1. The van der Waals surface area contributed by atoms with Gasteiger partial charge in [0.2, 0.25) is 0 Å². The van der Waals surface area contributed by atoms with Gasteiger partial charge >= 0.3 is 0 Å². The number of aliphatic hydroxyl groups is 1. The molecule has 0 aromatic heterocycles. The van der Waals surface area contributed by atoms with Crippen LogP contribution in [-0.2, 0) is 0 Å². The minimum atomic E-state index is -0.687.